The Morgan fingerprint density at radius 2 is 1.88 bits per heavy atom. The summed E-state index contributed by atoms with van der Waals surface area (Å²) in [6.07, 6.45) is 5.63. The molecule has 1 saturated carbocycles. The average molecular weight is 355 g/mol. The summed E-state index contributed by atoms with van der Waals surface area (Å²) in [5, 5.41) is 4.25. The number of ether oxygens (including phenoxy) is 1. The molecule has 6 nitrogen and oxygen atoms in total. The summed E-state index contributed by atoms with van der Waals surface area (Å²) >= 11 is 0. The van der Waals surface area contributed by atoms with Gasteiger partial charge in [0.15, 0.2) is 0 Å². The molecule has 6 heteroatoms. The van der Waals surface area contributed by atoms with Gasteiger partial charge in [-0.15, -0.1) is 0 Å². The minimum Gasteiger partial charge on any atom is -0.492 e. The lowest BCUT2D eigenvalue weighted by Crippen LogP contribution is -2.39. The second kappa shape index (κ2) is 8.65. The van der Waals surface area contributed by atoms with E-state index in [0.717, 1.165) is 31.4 Å². The fourth-order valence-electron chi connectivity index (χ4n) is 3.30. The van der Waals surface area contributed by atoms with Crippen molar-refractivity contribution >= 4 is 5.91 Å². The Balaban J connectivity index is 1.64. The third kappa shape index (κ3) is 4.50. The third-order valence-corrected chi connectivity index (χ3v) is 4.84. The van der Waals surface area contributed by atoms with Gasteiger partial charge in [-0.25, -0.2) is 4.68 Å². The molecule has 0 aliphatic heterocycles. The quantitative estimate of drug-likeness (QED) is 0.799. The Bertz CT molecular complexity index is 782. The molecule has 1 fully saturated rings. The van der Waals surface area contributed by atoms with Gasteiger partial charge in [-0.05, 0) is 31.0 Å². The Morgan fingerprint density at radius 3 is 2.62 bits per heavy atom. The van der Waals surface area contributed by atoms with Crippen LogP contribution < -0.4 is 10.3 Å². The first kappa shape index (κ1) is 18.2. The minimum atomic E-state index is -0.237. The van der Waals surface area contributed by atoms with Crippen LogP contribution in [-0.2, 0) is 6.54 Å². The molecular formula is C20H25N3O3. The Kier molecular flexibility index (Phi) is 6.04. The van der Waals surface area contributed by atoms with E-state index in [1.54, 1.807) is 4.90 Å². The smallest absolute Gasteiger partial charge is 0.274 e. The van der Waals surface area contributed by atoms with Gasteiger partial charge in [-0.3, -0.25) is 9.59 Å². The van der Waals surface area contributed by atoms with Crippen LogP contribution in [0.3, 0.4) is 0 Å². The molecule has 3 rings (SSSR count). The molecule has 1 aromatic heterocycles. The summed E-state index contributed by atoms with van der Waals surface area (Å²) in [7, 11) is 1.83. The van der Waals surface area contributed by atoms with Crippen molar-refractivity contribution in [2.45, 2.75) is 44.7 Å². The molecule has 138 valence electrons. The second-order valence-corrected chi connectivity index (χ2v) is 6.65. The number of aromatic nitrogens is 2. The maximum atomic E-state index is 12.7. The zero-order valence-electron chi connectivity index (χ0n) is 15.1. The van der Waals surface area contributed by atoms with Crippen LogP contribution in [0.1, 0.15) is 42.6 Å². The van der Waals surface area contributed by atoms with Gasteiger partial charge in [-0.2, -0.15) is 5.10 Å². The number of hydrogen-bond donors (Lipinski definition) is 0. The number of hydrogen-bond acceptors (Lipinski definition) is 4. The molecule has 1 aliphatic carbocycles. The van der Waals surface area contributed by atoms with Crippen molar-refractivity contribution in [1.82, 2.24) is 14.7 Å². The van der Waals surface area contributed by atoms with E-state index < -0.39 is 0 Å². The fraction of sp³-hybridized carbons (Fsp3) is 0.450. The molecule has 0 bridgehead atoms. The highest BCUT2D eigenvalue weighted by atomic mass is 16.5. The highest BCUT2D eigenvalue weighted by Gasteiger charge is 2.24. The van der Waals surface area contributed by atoms with E-state index in [1.165, 1.54) is 23.2 Å². The first-order chi connectivity index (χ1) is 12.6. The van der Waals surface area contributed by atoms with Gasteiger partial charge in [0, 0.05) is 19.2 Å². The molecule has 1 aromatic carbocycles. The highest BCUT2D eigenvalue weighted by Crippen LogP contribution is 2.22. The molecule has 26 heavy (non-hydrogen) atoms. The summed E-state index contributed by atoms with van der Waals surface area (Å²) in [6, 6.07) is 12.6. The molecular weight excluding hydrogens is 330 g/mol. The topological polar surface area (TPSA) is 64.4 Å². The van der Waals surface area contributed by atoms with Crippen LogP contribution in [-0.4, -0.2) is 40.3 Å². The molecule has 1 aliphatic rings. The van der Waals surface area contributed by atoms with E-state index in [1.807, 2.05) is 37.4 Å². The van der Waals surface area contributed by atoms with Crippen LogP contribution in [0.5, 0.6) is 5.75 Å². The van der Waals surface area contributed by atoms with Crippen LogP contribution in [0.4, 0.5) is 0 Å². The van der Waals surface area contributed by atoms with Gasteiger partial charge >= 0.3 is 0 Å². The van der Waals surface area contributed by atoms with Crippen molar-refractivity contribution in [2.24, 2.45) is 0 Å². The predicted octanol–water partition coefficient (Wildman–Crippen LogP) is 2.73. The summed E-state index contributed by atoms with van der Waals surface area (Å²) in [5.41, 5.74) is 0.0657. The van der Waals surface area contributed by atoms with Crippen LogP contribution >= 0.6 is 0 Å². The van der Waals surface area contributed by atoms with Gasteiger partial charge in [-0.1, -0.05) is 37.5 Å². The number of rotatable bonds is 6. The fourth-order valence-corrected chi connectivity index (χ4v) is 3.30. The maximum absolute atomic E-state index is 12.7. The van der Waals surface area contributed by atoms with Gasteiger partial charge in [0.2, 0.25) is 0 Å². The summed E-state index contributed by atoms with van der Waals surface area (Å²) < 4.78 is 6.91. The van der Waals surface area contributed by atoms with E-state index in [0.29, 0.717) is 18.8 Å². The number of carbonyl (C=O) groups is 1. The second-order valence-electron chi connectivity index (χ2n) is 6.65. The maximum Gasteiger partial charge on any atom is 0.274 e. The zero-order chi connectivity index (χ0) is 18.4. The monoisotopic (exact) mass is 355 g/mol. The van der Waals surface area contributed by atoms with Crippen molar-refractivity contribution in [3.8, 4) is 5.75 Å². The molecule has 2 aromatic rings. The van der Waals surface area contributed by atoms with Crippen molar-refractivity contribution in [3.05, 3.63) is 58.5 Å². The highest BCUT2D eigenvalue weighted by molar-refractivity contribution is 5.92. The number of amides is 1. The standard InChI is InChI=1S/C20H25N3O3/c1-22(16-8-4-2-5-9-16)20(25)18-12-13-19(24)23(21-18)14-15-26-17-10-6-3-7-11-17/h3,6-7,10-13,16H,2,4-5,8-9,14-15H2,1H3. The summed E-state index contributed by atoms with van der Waals surface area (Å²) in [4.78, 5) is 26.5. The number of para-hydroxylation sites is 1. The van der Waals surface area contributed by atoms with E-state index >= 15 is 0 Å². The van der Waals surface area contributed by atoms with Crippen molar-refractivity contribution < 1.29 is 9.53 Å². The lowest BCUT2D eigenvalue weighted by molar-refractivity contribution is 0.0687. The average Bonchev–Trinajstić information content (AvgIpc) is 2.70. The molecule has 0 unspecified atom stereocenters. The Hall–Kier alpha value is -2.63. The van der Waals surface area contributed by atoms with Crippen LogP contribution in [0, 0.1) is 0 Å². The number of nitrogens with zero attached hydrogens (tertiary/aromatic N) is 3. The predicted molar refractivity (Wildman–Crippen MR) is 99.4 cm³/mol. The van der Waals surface area contributed by atoms with Gasteiger partial charge < -0.3 is 9.64 Å². The first-order valence-corrected chi connectivity index (χ1v) is 9.18. The van der Waals surface area contributed by atoms with E-state index in [-0.39, 0.29) is 17.5 Å². The Morgan fingerprint density at radius 1 is 1.15 bits per heavy atom. The SMILES string of the molecule is CN(C(=O)c1ccc(=O)n(CCOc2ccccc2)n1)C1CCCCC1. The Labute approximate surface area is 153 Å². The molecule has 1 heterocycles. The van der Waals surface area contributed by atoms with E-state index in [9.17, 15) is 9.59 Å². The molecule has 0 radical (unpaired) electrons. The lowest BCUT2D eigenvalue weighted by Gasteiger charge is -2.31. The van der Waals surface area contributed by atoms with Gasteiger partial charge in [0.05, 0.1) is 6.54 Å². The first-order valence-electron chi connectivity index (χ1n) is 9.18. The molecule has 0 atom stereocenters. The lowest BCUT2D eigenvalue weighted by atomic mass is 9.94. The number of benzene rings is 1. The van der Waals surface area contributed by atoms with Crippen LogP contribution in [0.15, 0.2) is 47.3 Å². The van der Waals surface area contributed by atoms with Crippen molar-refractivity contribution in [3.63, 3.8) is 0 Å². The van der Waals surface area contributed by atoms with Gasteiger partial charge in [0.25, 0.3) is 11.5 Å². The normalized spacial score (nSPS) is 14.8. The molecule has 1 amide bonds. The molecule has 0 saturated heterocycles. The van der Waals surface area contributed by atoms with Crippen LogP contribution in [0.2, 0.25) is 0 Å². The largest absolute Gasteiger partial charge is 0.492 e. The molecule has 0 spiro atoms. The van der Waals surface area contributed by atoms with Crippen molar-refractivity contribution in [2.75, 3.05) is 13.7 Å². The number of carbonyl (C=O) groups excluding carboxylic acids is 1. The van der Waals surface area contributed by atoms with Crippen molar-refractivity contribution in [1.29, 1.82) is 0 Å². The van der Waals surface area contributed by atoms with Crippen LogP contribution in [0.25, 0.3) is 0 Å². The van der Waals surface area contributed by atoms with E-state index in [2.05, 4.69) is 5.10 Å². The third-order valence-electron chi connectivity index (χ3n) is 4.84. The summed E-state index contributed by atoms with van der Waals surface area (Å²) in [5.74, 6) is 0.611. The summed E-state index contributed by atoms with van der Waals surface area (Å²) in [6.45, 7) is 0.606. The van der Waals surface area contributed by atoms with Gasteiger partial charge in [0.1, 0.15) is 18.1 Å². The van der Waals surface area contributed by atoms with E-state index in [4.69, 9.17) is 4.74 Å². The minimum absolute atomic E-state index is 0.130. The molecule has 0 N–H and O–H groups in total. The zero-order valence-corrected chi connectivity index (χ0v) is 15.1.